The van der Waals surface area contributed by atoms with Crippen molar-refractivity contribution in [1.29, 1.82) is 0 Å². The fourth-order valence-electron chi connectivity index (χ4n) is 2.39. The van der Waals surface area contributed by atoms with Crippen LogP contribution in [-0.2, 0) is 6.54 Å². The summed E-state index contributed by atoms with van der Waals surface area (Å²) in [4.78, 5) is 0. The first-order chi connectivity index (χ1) is 7.70. The number of benzene rings is 1. The number of hydrogen-bond acceptors (Lipinski definition) is 2. The quantitative estimate of drug-likeness (QED) is 0.834. The lowest BCUT2D eigenvalue weighted by molar-refractivity contribution is 0.545. The maximum absolute atomic E-state index is 5.86. The molecule has 0 saturated heterocycles. The standard InChI is InChI=1S/C14H17NO/c1-8-5-11-12(6-9(8)2)16-13(7-15)14(11)10-3-4-10/h5-6,10H,3-4,7,15H2,1-2H3. The smallest absolute Gasteiger partial charge is 0.134 e. The molecule has 2 N–H and O–H groups in total. The summed E-state index contributed by atoms with van der Waals surface area (Å²) in [5, 5.41) is 1.28. The van der Waals surface area contributed by atoms with E-state index in [9.17, 15) is 0 Å². The lowest BCUT2D eigenvalue weighted by atomic mass is 10.0. The van der Waals surface area contributed by atoms with Crippen molar-refractivity contribution in [2.24, 2.45) is 5.73 Å². The van der Waals surface area contributed by atoms with Crippen LogP contribution < -0.4 is 5.73 Å². The molecule has 1 saturated carbocycles. The number of nitrogens with two attached hydrogens (primary N) is 1. The van der Waals surface area contributed by atoms with E-state index in [1.54, 1.807) is 0 Å². The summed E-state index contributed by atoms with van der Waals surface area (Å²) in [7, 11) is 0. The lowest BCUT2D eigenvalue weighted by Crippen LogP contribution is -1.97. The molecule has 1 aromatic heterocycles. The van der Waals surface area contributed by atoms with Gasteiger partial charge in [0.15, 0.2) is 0 Å². The summed E-state index contributed by atoms with van der Waals surface area (Å²) in [6, 6.07) is 4.39. The average Bonchev–Trinajstić information content (AvgIpc) is 3.03. The van der Waals surface area contributed by atoms with Crippen LogP contribution in [0.25, 0.3) is 11.0 Å². The molecule has 0 amide bonds. The number of aryl methyl sites for hydroxylation is 2. The molecule has 0 aliphatic heterocycles. The Bertz CT molecular complexity index is 549. The maximum atomic E-state index is 5.86. The van der Waals surface area contributed by atoms with Gasteiger partial charge in [-0.1, -0.05) is 0 Å². The highest BCUT2D eigenvalue weighted by molar-refractivity contribution is 5.85. The second-order valence-corrected chi connectivity index (χ2v) is 4.85. The molecule has 2 aromatic rings. The van der Waals surface area contributed by atoms with Gasteiger partial charge in [0.25, 0.3) is 0 Å². The minimum absolute atomic E-state index is 0.513. The van der Waals surface area contributed by atoms with Crippen LogP contribution >= 0.6 is 0 Å². The molecule has 0 spiro atoms. The van der Waals surface area contributed by atoms with Crippen LogP contribution in [0.15, 0.2) is 16.5 Å². The second-order valence-electron chi connectivity index (χ2n) is 4.85. The predicted octanol–water partition coefficient (Wildman–Crippen LogP) is 3.39. The van der Waals surface area contributed by atoms with E-state index in [2.05, 4.69) is 26.0 Å². The third-order valence-corrected chi connectivity index (χ3v) is 3.59. The highest BCUT2D eigenvalue weighted by Gasteiger charge is 2.30. The van der Waals surface area contributed by atoms with Crippen LogP contribution in [-0.4, -0.2) is 0 Å². The lowest BCUT2D eigenvalue weighted by Gasteiger charge is -2.00. The summed E-state index contributed by atoms with van der Waals surface area (Å²) in [5.41, 5.74) is 10.8. The second kappa shape index (κ2) is 3.36. The SMILES string of the molecule is Cc1cc2oc(CN)c(C3CC3)c2cc1C. The molecule has 0 bridgehead atoms. The normalized spacial score (nSPS) is 15.9. The average molecular weight is 215 g/mol. The maximum Gasteiger partial charge on any atom is 0.134 e. The Balaban J connectivity index is 2.31. The molecular weight excluding hydrogens is 198 g/mol. The van der Waals surface area contributed by atoms with Gasteiger partial charge in [-0.05, 0) is 55.9 Å². The van der Waals surface area contributed by atoms with Gasteiger partial charge in [0.1, 0.15) is 11.3 Å². The first kappa shape index (κ1) is 9.91. The number of rotatable bonds is 2. The molecular formula is C14H17NO. The topological polar surface area (TPSA) is 39.2 Å². The fourth-order valence-corrected chi connectivity index (χ4v) is 2.39. The fraction of sp³-hybridized carbons (Fsp3) is 0.429. The largest absolute Gasteiger partial charge is 0.459 e. The van der Waals surface area contributed by atoms with Crippen LogP contribution in [0.2, 0.25) is 0 Å². The summed E-state index contributed by atoms with van der Waals surface area (Å²) < 4.78 is 5.86. The van der Waals surface area contributed by atoms with Gasteiger partial charge in [0.05, 0.1) is 6.54 Å². The minimum atomic E-state index is 0.513. The van der Waals surface area contributed by atoms with Crippen molar-refractivity contribution in [2.45, 2.75) is 39.2 Å². The van der Waals surface area contributed by atoms with E-state index in [-0.39, 0.29) is 0 Å². The van der Waals surface area contributed by atoms with Gasteiger partial charge in [-0.25, -0.2) is 0 Å². The van der Waals surface area contributed by atoms with Gasteiger partial charge in [-0.3, -0.25) is 0 Å². The van der Waals surface area contributed by atoms with Gasteiger partial charge < -0.3 is 10.2 Å². The molecule has 1 fully saturated rings. The van der Waals surface area contributed by atoms with Crippen molar-refractivity contribution >= 4 is 11.0 Å². The van der Waals surface area contributed by atoms with Crippen LogP contribution in [0.1, 0.15) is 41.2 Å². The molecule has 0 radical (unpaired) electrons. The Morgan fingerprint density at radius 3 is 2.56 bits per heavy atom. The first-order valence-electron chi connectivity index (χ1n) is 5.93. The molecule has 1 aromatic carbocycles. The molecule has 0 unspecified atom stereocenters. The van der Waals surface area contributed by atoms with E-state index < -0.39 is 0 Å². The summed E-state index contributed by atoms with van der Waals surface area (Å²) >= 11 is 0. The molecule has 84 valence electrons. The van der Waals surface area contributed by atoms with Crippen molar-refractivity contribution in [3.8, 4) is 0 Å². The third-order valence-electron chi connectivity index (χ3n) is 3.59. The predicted molar refractivity (Wildman–Crippen MR) is 65.6 cm³/mol. The molecule has 0 atom stereocenters. The Hall–Kier alpha value is -1.28. The molecule has 1 aliphatic rings. The van der Waals surface area contributed by atoms with Crippen molar-refractivity contribution in [3.05, 3.63) is 34.6 Å². The number of hydrogen-bond donors (Lipinski definition) is 1. The Morgan fingerprint density at radius 1 is 1.25 bits per heavy atom. The highest BCUT2D eigenvalue weighted by atomic mass is 16.3. The monoisotopic (exact) mass is 215 g/mol. The molecule has 16 heavy (non-hydrogen) atoms. The van der Waals surface area contributed by atoms with Crippen molar-refractivity contribution in [1.82, 2.24) is 0 Å². The summed E-state index contributed by atoms with van der Waals surface area (Å²) in [6.45, 7) is 4.79. The van der Waals surface area contributed by atoms with Crippen molar-refractivity contribution < 1.29 is 4.42 Å². The number of furan rings is 1. The van der Waals surface area contributed by atoms with E-state index in [0.29, 0.717) is 12.5 Å². The molecule has 3 rings (SSSR count). The number of fused-ring (bicyclic) bond motifs is 1. The van der Waals surface area contributed by atoms with Crippen molar-refractivity contribution in [2.75, 3.05) is 0 Å². The molecule has 2 heteroatoms. The van der Waals surface area contributed by atoms with Crippen molar-refractivity contribution in [3.63, 3.8) is 0 Å². The zero-order valence-electron chi connectivity index (χ0n) is 9.84. The Morgan fingerprint density at radius 2 is 1.94 bits per heavy atom. The van der Waals surface area contributed by atoms with Gasteiger partial charge in [0.2, 0.25) is 0 Å². The van der Waals surface area contributed by atoms with E-state index in [1.807, 2.05) is 0 Å². The Labute approximate surface area is 95.4 Å². The Kier molecular flexibility index (Phi) is 2.08. The highest BCUT2D eigenvalue weighted by Crippen LogP contribution is 2.46. The third kappa shape index (κ3) is 1.37. The molecule has 2 nitrogen and oxygen atoms in total. The van der Waals surface area contributed by atoms with Gasteiger partial charge in [0, 0.05) is 10.9 Å². The van der Waals surface area contributed by atoms with Gasteiger partial charge >= 0.3 is 0 Å². The molecule has 1 aliphatic carbocycles. The first-order valence-corrected chi connectivity index (χ1v) is 5.93. The zero-order valence-corrected chi connectivity index (χ0v) is 9.84. The van der Waals surface area contributed by atoms with Crippen LogP contribution in [0.4, 0.5) is 0 Å². The minimum Gasteiger partial charge on any atom is -0.459 e. The molecule has 1 heterocycles. The van der Waals surface area contributed by atoms with Gasteiger partial charge in [-0.15, -0.1) is 0 Å². The van der Waals surface area contributed by atoms with E-state index in [0.717, 1.165) is 11.3 Å². The van der Waals surface area contributed by atoms with Gasteiger partial charge in [-0.2, -0.15) is 0 Å². The van der Waals surface area contributed by atoms with E-state index in [4.69, 9.17) is 10.2 Å². The summed E-state index contributed by atoms with van der Waals surface area (Å²) in [5.74, 6) is 1.68. The van der Waals surface area contributed by atoms with E-state index in [1.165, 1.54) is 34.9 Å². The summed E-state index contributed by atoms with van der Waals surface area (Å²) in [6.07, 6.45) is 2.57. The zero-order chi connectivity index (χ0) is 11.3. The van der Waals surface area contributed by atoms with Crippen LogP contribution in [0.3, 0.4) is 0 Å². The van der Waals surface area contributed by atoms with Crippen LogP contribution in [0.5, 0.6) is 0 Å². The van der Waals surface area contributed by atoms with E-state index >= 15 is 0 Å². The van der Waals surface area contributed by atoms with Crippen LogP contribution in [0, 0.1) is 13.8 Å².